The van der Waals surface area contributed by atoms with Crippen molar-refractivity contribution in [2.45, 2.75) is 31.9 Å². The molecule has 3 heteroatoms. The molecule has 0 amide bonds. The van der Waals surface area contributed by atoms with Crippen LogP contribution in [0.15, 0.2) is 24.3 Å². The highest BCUT2D eigenvalue weighted by molar-refractivity contribution is 5.29. The molecule has 0 spiro atoms. The molecule has 3 nitrogen and oxygen atoms in total. The number of nitrogens with two attached hydrogens (primary N) is 1. The minimum atomic E-state index is -0.0733. The van der Waals surface area contributed by atoms with E-state index < -0.39 is 0 Å². The summed E-state index contributed by atoms with van der Waals surface area (Å²) in [5.41, 5.74) is 7.25. The Morgan fingerprint density at radius 1 is 1.19 bits per heavy atom. The molecule has 16 heavy (non-hydrogen) atoms. The topological polar surface area (TPSA) is 44.5 Å². The van der Waals surface area contributed by atoms with Crippen LogP contribution in [0.4, 0.5) is 0 Å². The molecule has 2 atom stereocenters. The van der Waals surface area contributed by atoms with Crippen LogP contribution in [0.1, 0.15) is 31.4 Å². The second-order valence-corrected chi connectivity index (χ2v) is 3.86. The van der Waals surface area contributed by atoms with Gasteiger partial charge in [0.1, 0.15) is 5.75 Å². The SMILES string of the molecule is CCCC(OC)C(N)c1ccc(OC)cc1. The van der Waals surface area contributed by atoms with E-state index in [2.05, 4.69) is 6.92 Å². The zero-order valence-corrected chi connectivity index (χ0v) is 10.3. The van der Waals surface area contributed by atoms with Crippen molar-refractivity contribution in [3.63, 3.8) is 0 Å². The third-order valence-corrected chi connectivity index (χ3v) is 2.78. The Labute approximate surface area is 97.6 Å². The molecule has 1 aromatic carbocycles. The van der Waals surface area contributed by atoms with E-state index in [1.807, 2.05) is 24.3 Å². The second kappa shape index (κ2) is 6.51. The smallest absolute Gasteiger partial charge is 0.118 e. The third-order valence-electron chi connectivity index (χ3n) is 2.78. The summed E-state index contributed by atoms with van der Waals surface area (Å²) in [5, 5.41) is 0. The largest absolute Gasteiger partial charge is 0.497 e. The van der Waals surface area contributed by atoms with Crippen LogP contribution in [-0.4, -0.2) is 20.3 Å². The quantitative estimate of drug-likeness (QED) is 0.806. The molecule has 0 radical (unpaired) electrons. The fourth-order valence-electron chi connectivity index (χ4n) is 1.77. The van der Waals surface area contributed by atoms with E-state index >= 15 is 0 Å². The van der Waals surface area contributed by atoms with Crippen molar-refractivity contribution in [1.29, 1.82) is 0 Å². The van der Waals surface area contributed by atoms with Crippen molar-refractivity contribution in [3.05, 3.63) is 29.8 Å². The van der Waals surface area contributed by atoms with Gasteiger partial charge < -0.3 is 15.2 Å². The minimum Gasteiger partial charge on any atom is -0.497 e. The lowest BCUT2D eigenvalue weighted by molar-refractivity contribution is 0.0725. The molecule has 0 aliphatic rings. The molecule has 90 valence electrons. The molecular formula is C13H21NO2. The number of hydrogen-bond acceptors (Lipinski definition) is 3. The lowest BCUT2D eigenvalue weighted by Crippen LogP contribution is -2.27. The van der Waals surface area contributed by atoms with Crippen LogP contribution in [0, 0.1) is 0 Å². The summed E-state index contributed by atoms with van der Waals surface area (Å²) in [6.45, 7) is 2.13. The number of benzene rings is 1. The van der Waals surface area contributed by atoms with Crippen molar-refractivity contribution in [2.24, 2.45) is 5.73 Å². The van der Waals surface area contributed by atoms with Gasteiger partial charge in [0.2, 0.25) is 0 Å². The van der Waals surface area contributed by atoms with Gasteiger partial charge in [-0.15, -0.1) is 0 Å². The van der Waals surface area contributed by atoms with Gasteiger partial charge in [-0.2, -0.15) is 0 Å². The number of ether oxygens (including phenoxy) is 2. The van der Waals surface area contributed by atoms with Crippen LogP contribution < -0.4 is 10.5 Å². The third kappa shape index (κ3) is 3.22. The zero-order valence-electron chi connectivity index (χ0n) is 10.3. The van der Waals surface area contributed by atoms with Gasteiger partial charge in [-0.3, -0.25) is 0 Å². The predicted molar refractivity (Wildman–Crippen MR) is 65.6 cm³/mol. The molecule has 0 heterocycles. The number of methoxy groups -OCH3 is 2. The first-order valence-electron chi connectivity index (χ1n) is 5.65. The average Bonchev–Trinajstić information content (AvgIpc) is 2.35. The van der Waals surface area contributed by atoms with Gasteiger partial charge in [0.05, 0.1) is 19.3 Å². The summed E-state index contributed by atoms with van der Waals surface area (Å²) in [4.78, 5) is 0. The van der Waals surface area contributed by atoms with Crippen molar-refractivity contribution in [2.75, 3.05) is 14.2 Å². The maximum absolute atomic E-state index is 6.16. The lowest BCUT2D eigenvalue weighted by atomic mass is 9.99. The van der Waals surface area contributed by atoms with E-state index in [0.717, 1.165) is 24.2 Å². The van der Waals surface area contributed by atoms with E-state index in [0.29, 0.717) is 0 Å². The van der Waals surface area contributed by atoms with Crippen LogP contribution in [-0.2, 0) is 4.74 Å². The molecule has 1 rings (SSSR count). The van der Waals surface area contributed by atoms with Crippen LogP contribution >= 0.6 is 0 Å². The van der Waals surface area contributed by atoms with Crippen molar-refractivity contribution in [1.82, 2.24) is 0 Å². The van der Waals surface area contributed by atoms with Crippen molar-refractivity contribution in [3.8, 4) is 5.75 Å². The van der Waals surface area contributed by atoms with Crippen LogP contribution in [0.2, 0.25) is 0 Å². The molecular weight excluding hydrogens is 202 g/mol. The standard InChI is InChI=1S/C13H21NO2/c1-4-5-12(16-3)13(14)10-6-8-11(15-2)9-7-10/h6-9,12-13H,4-5,14H2,1-3H3. The van der Waals surface area contributed by atoms with Gasteiger partial charge >= 0.3 is 0 Å². The molecule has 0 aromatic heterocycles. The predicted octanol–water partition coefficient (Wildman–Crippen LogP) is 2.51. The lowest BCUT2D eigenvalue weighted by Gasteiger charge is -2.22. The Morgan fingerprint density at radius 3 is 2.25 bits per heavy atom. The monoisotopic (exact) mass is 223 g/mol. The Kier molecular flexibility index (Phi) is 5.29. The van der Waals surface area contributed by atoms with Gasteiger partial charge in [-0.1, -0.05) is 25.5 Å². The molecule has 2 N–H and O–H groups in total. The summed E-state index contributed by atoms with van der Waals surface area (Å²) in [7, 11) is 3.37. The van der Waals surface area contributed by atoms with Gasteiger partial charge in [0.25, 0.3) is 0 Å². The summed E-state index contributed by atoms with van der Waals surface area (Å²) in [5.74, 6) is 0.848. The van der Waals surface area contributed by atoms with Gasteiger partial charge in [-0.05, 0) is 24.1 Å². The Bertz CT molecular complexity index is 297. The highest BCUT2D eigenvalue weighted by Gasteiger charge is 2.17. The first-order valence-corrected chi connectivity index (χ1v) is 5.65. The molecule has 0 aliphatic heterocycles. The van der Waals surface area contributed by atoms with Crippen molar-refractivity contribution < 1.29 is 9.47 Å². The zero-order chi connectivity index (χ0) is 12.0. The first kappa shape index (κ1) is 13.0. The molecule has 0 saturated carbocycles. The Hall–Kier alpha value is -1.06. The number of hydrogen-bond donors (Lipinski definition) is 1. The van der Waals surface area contributed by atoms with E-state index in [1.54, 1.807) is 14.2 Å². The summed E-state index contributed by atoms with van der Waals surface area (Å²) < 4.78 is 10.5. The molecule has 2 unspecified atom stereocenters. The summed E-state index contributed by atoms with van der Waals surface area (Å²) in [6, 6.07) is 7.76. The summed E-state index contributed by atoms with van der Waals surface area (Å²) >= 11 is 0. The van der Waals surface area contributed by atoms with E-state index in [1.165, 1.54) is 0 Å². The fourth-order valence-corrected chi connectivity index (χ4v) is 1.77. The van der Waals surface area contributed by atoms with E-state index in [4.69, 9.17) is 15.2 Å². The Morgan fingerprint density at radius 2 is 1.81 bits per heavy atom. The highest BCUT2D eigenvalue weighted by atomic mass is 16.5. The second-order valence-electron chi connectivity index (χ2n) is 3.86. The van der Waals surface area contributed by atoms with Gasteiger partial charge in [-0.25, -0.2) is 0 Å². The maximum Gasteiger partial charge on any atom is 0.118 e. The average molecular weight is 223 g/mol. The van der Waals surface area contributed by atoms with Gasteiger partial charge in [0, 0.05) is 7.11 Å². The van der Waals surface area contributed by atoms with Gasteiger partial charge in [0.15, 0.2) is 0 Å². The molecule has 0 fully saturated rings. The fraction of sp³-hybridized carbons (Fsp3) is 0.538. The van der Waals surface area contributed by atoms with E-state index in [-0.39, 0.29) is 12.1 Å². The highest BCUT2D eigenvalue weighted by Crippen LogP contribution is 2.22. The molecule has 0 bridgehead atoms. The minimum absolute atomic E-state index is 0.0733. The van der Waals surface area contributed by atoms with E-state index in [9.17, 15) is 0 Å². The molecule has 0 saturated heterocycles. The molecule has 1 aromatic rings. The Balaban J connectivity index is 2.73. The number of rotatable bonds is 6. The molecule has 0 aliphatic carbocycles. The van der Waals surface area contributed by atoms with Crippen LogP contribution in [0.3, 0.4) is 0 Å². The normalized spacial score (nSPS) is 14.5. The first-order chi connectivity index (χ1) is 7.72. The summed E-state index contributed by atoms with van der Waals surface area (Å²) in [6.07, 6.45) is 2.13. The van der Waals surface area contributed by atoms with Crippen LogP contribution in [0.5, 0.6) is 5.75 Å². The maximum atomic E-state index is 6.16. The van der Waals surface area contributed by atoms with Crippen molar-refractivity contribution >= 4 is 0 Å². The van der Waals surface area contributed by atoms with Crippen LogP contribution in [0.25, 0.3) is 0 Å².